The average molecular weight is 360 g/mol. The minimum Gasteiger partial charge on any atom is -0.497 e. The minimum atomic E-state index is -0.805. The fraction of sp³-hybridized carbons (Fsp3) is 0.526. The van der Waals surface area contributed by atoms with Gasteiger partial charge in [0.05, 0.1) is 20.3 Å². The fourth-order valence-electron chi connectivity index (χ4n) is 3.02. The fourth-order valence-corrected chi connectivity index (χ4v) is 3.02. The van der Waals surface area contributed by atoms with E-state index in [1.54, 1.807) is 20.3 Å². The van der Waals surface area contributed by atoms with Crippen molar-refractivity contribution >= 4 is 11.9 Å². The van der Waals surface area contributed by atoms with Crippen LogP contribution < -0.4 is 14.8 Å². The van der Waals surface area contributed by atoms with Crippen molar-refractivity contribution in [2.45, 2.75) is 44.1 Å². The van der Waals surface area contributed by atoms with Crippen LogP contribution in [0.3, 0.4) is 0 Å². The normalized spacial score (nSPS) is 15.0. The minimum absolute atomic E-state index is 0.132. The molecule has 2 rings (SSSR count). The smallest absolute Gasteiger partial charge is 0.306 e. The number of methoxy groups -OCH3 is 2. The number of amides is 1. The Bertz CT molecular complexity index is 667. The molecule has 0 unspecified atom stereocenters. The van der Waals surface area contributed by atoms with E-state index < -0.39 is 17.4 Å². The van der Waals surface area contributed by atoms with E-state index in [1.165, 1.54) is 0 Å². The lowest BCUT2D eigenvalue weighted by Crippen LogP contribution is -2.46. The van der Waals surface area contributed by atoms with Gasteiger partial charge in [-0.15, -0.1) is 0 Å². The van der Waals surface area contributed by atoms with Gasteiger partial charge in [0.1, 0.15) is 17.0 Å². The topological polar surface area (TPSA) is 97.6 Å². The molecule has 0 bridgehead atoms. The molecular weight excluding hydrogens is 336 g/mol. The Labute approximate surface area is 153 Å². The summed E-state index contributed by atoms with van der Waals surface area (Å²) in [5.41, 5.74) is 0.0673. The number of benzene rings is 1. The van der Waals surface area contributed by atoms with Crippen LogP contribution in [-0.2, 0) is 20.7 Å². The van der Waals surface area contributed by atoms with Crippen molar-refractivity contribution in [2.75, 3.05) is 20.8 Å². The van der Waals surface area contributed by atoms with Gasteiger partial charge >= 0.3 is 5.97 Å². The maximum absolute atomic E-state index is 11.9. The Morgan fingerprint density at radius 2 is 1.77 bits per heavy atom. The molecule has 0 aromatic heterocycles. The van der Waals surface area contributed by atoms with Gasteiger partial charge in [-0.2, -0.15) is 5.26 Å². The van der Waals surface area contributed by atoms with Gasteiger partial charge in [0.25, 0.3) is 5.91 Å². The van der Waals surface area contributed by atoms with Crippen LogP contribution in [0.1, 0.15) is 37.7 Å². The van der Waals surface area contributed by atoms with E-state index in [9.17, 15) is 14.9 Å². The van der Waals surface area contributed by atoms with E-state index in [0.29, 0.717) is 30.8 Å². The molecule has 7 nitrogen and oxygen atoms in total. The number of rotatable bonds is 8. The predicted molar refractivity (Wildman–Crippen MR) is 93.8 cm³/mol. The molecule has 1 fully saturated rings. The molecule has 1 N–H and O–H groups in total. The number of nitrogens with zero attached hydrogens (tertiary/aromatic N) is 1. The second-order valence-corrected chi connectivity index (χ2v) is 6.33. The number of ether oxygens (including phenoxy) is 3. The third kappa shape index (κ3) is 5.38. The van der Waals surface area contributed by atoms with Gasteiger partial charge in [-0.05, 0) is 49.8 Å². The molecule has 0 aliphatic heterocycles. The number of hydrogen-bond donors (Lipinski definition) is 1. The molecule has 0 heterocycles. The second kappa shape index (κ2) is 9.09. The molecule has 0 spiro atoms. The van der Waals surface area contributed by atoms with Crippen LogP contribution in [0.5, 0.6) is 11.5 Å². The van der Waals surface area contributed by atoms with Crippen molar-refractivity contribution in [3.63, 3.8) is 0 Å². The molecule has 1 saturated carbocycles. The maximum Gasteiger partial charge on any atom is 0.306 e. The molecule has 0 radical (unpaired) electrons. The molecule has 26 heavy (non-hydrogen) atoms. The molecule has 1 aromatic carbocycles. The first-order valence-corrected chi connectivity index (χ1v) is 8.60. The summed E-state index contributed by atoms with van der Waals surface area (Å²) in [7, 11) is 3.12. The van der Waals surface area contributed by atoms with E-state index in [-0.39, 0.29) is 13.0 Å². The average Bonchev–Trinajstić information content (AvgIpc) is 3.13. The highest BCUT2D eigenvalue weighted by Gasteiger charge is 2.35. The highest BCUT2D eigenvalue weighted by Crippen LogP contribution is 2.28. The summed E-state index contributed by atoms with van der Waals surface area (Å²) in [6, 6.07) is 7.56. The van der Waals surface area contributed by atoms with Gasteiger partial charge in [-0.25, -0.2) is 0 Å². The van der Waals surface area contributed by atoms with Crippen molar-refractivity contribution in [3.05, 3.63) is 23.8 Å². The monoisotopic (exact) mass is 360 g/mol. The molecule has 1 aliphatic carbocycles. The van der Waals surface area contributed by atoms with Crippen LogP contribution in [0.25, 0.3) is 0 Å². The van der Waals surface area contributed by atoms with Crippen LogP contribution in [0.2, 0.25) is 0 Å². The largest absolute Gasteiger partial charge is 0.497 e. The number of hydrogen-bond acceptors (Lipinski definition) is 6. The molecule has 140 valence electrons. The number of nitriles is 1. The second-order valence-electron chi connectivity index (χ2n) is 6.33. The summed E-state index contributed by atoms with van der Waals surface area (Å²) in [6.07, 6.45) is 3.68. The van der Waals surface area contributed by atoms with E-state index in [4.69, 9.17) is 14.2 Å². The lowest BCUT2D eigenvalue weighted by molar-refractivity contribution is -0.148. The number of carbonyl (C=O) groups excluding carboxylic acids is 2. The Kier molecular flexibility index (Phi) is 6.84. The molecule has 7 heteroatoms. The zero-order valence-electron chi connectivity index (χ0n) is 15.2. The number of esters is 1. The van der Waals surface area contributed by atoms with Crippen molar-refractivity contribution in [1.82, 2.24) is 5.32 Å². The van der Waals surface area contributed by atoms with Crippen molar-refractivity contribution < 1.29 is 23.8 Å². The zero-order valence-corrected chi connectivity index (χ0v) is 15.2. The Morgan fingerprint density at radius 3 is 2.31 bits per heavy atom. The zero-order chi connectivity index (χ0) is 19.0. The highest BCUT2D eigenvalue weighted by molar-refractivity contribution is 5.81. The molecule has 0 saturated heterocycles. The van der Waals surface area contributed by atoms with Gasteiger partial charge in [-0.1, -0.05) is 0 Å². The number of nitrogens with one attached hydrogen (secondary N) is 1. The molecule has 0 atom stereocenters. The first kappa shape index (κ1) is 19.6. The van der Waals surface area contributed by atoms with E-state index in [0.717, 1.165) is 18.4 Å². The maximum atomic E-state index is 11.9. The lowest BCUT2D eigenvalue weighted by Gasteiger charge is -2.21. The first-order valence-electron chi connectivity index (χ1n) is 8.60. The molecule has 1 aliphatic rings. The molecule has 1 amide bonds. The van der Waals surface area contributed by atoms with E-state index >= 15 is 0 Å². The van der Waals surface area contributed by atoms with E-state index in [1.807, 2.05) is 12.1 Å². The molecule has 1 aromatic rings. The SMILES string of the molecule is COc1cc(CCC(=O)OCC(=O)NC2(C#N)CCCC2)cc(OC)c1. The first-order chi connectivity index (χ1) is 12.5. The van der Waals surface area contributed by atoms with Gasteiger partial charge < -0.3 is 19.5 Å². The van der Waals surface area contributed by atoms with Gasteiger partial charge in [0.15, 0.2) is 6.61 Å². The Balaban J connectivity index is 1.78. The third-order valence-electron chi connectivity index (χ3n) is 4.44. The summed E-state index contributed by atoms with van der Waals surface area (Å²) in [5.74, 6) is 0.375. The Hall–Kier alpha value is -2.75. The number of carbonyl (C=O) groups is 2. The van der Waals surface area contributed by atoms with Crippen LogP contribution in [-0.4, -0.2) is 38.2 Å². The van der Waals surface area contributed by atoms with Crippen LogP contribution >= 0.6 is 0 Å². The summed E-state index contributed by atoms with van der Waals surface area (Å²) < 4.78 is 15.4. The van der Waals surface area contributed by atoms with Gasteiger partial charge in [0.2, 0.25) is 0 Å². The predicted octanol–water partition coefficient (Wildman–Crippen LogP) is 2.13. The summed E-state index contributed by atoms with van der Waals surface area (Å²) >= 11 is 0. The van der Waals surface area contributed by atoms with Crippen LogP contribution in [0.15, 0.2) is 18.2 Å². The third-order valence-corrected chi connectivity index (χ3v) is 4.44. The van der Waals surface area contributed by atoms with Crippen molar-refractivity contribution in [1.29, 1.82) is 5.26 Å². The van der Waals surface area contributed by atoms with Crippen LogP contribution in [0, 0.1) is 11.3 Å². The van der Waals surface area contributed by atoms with Crippen molar-refractivity contribution in [2.24, 2.45) is 0 Å². The van der Waals surface area contributed by atoms with Crippen LogP contribution in [0.4, 0.5) is 0 Å². The highest BCUT2D eigenvalue weighted by atomic mass is 16.5. The summed E-state index contributed by atoms with van der Waals surface area (Å²) in [6.45, 7) is -0.371. The van der Waals surface area contributed by atoms with E-state index in [2.05, 4.69) is 11.4 Å². The quantitative estimate of drug-likeness (QED) is 0.713. The summed E-state index contributed by atoms with van der Waals surface area (Å²) in [5, 5.41) is 11.9. The van der Waals surface area contributed by atoms with Gasteiger partial charge in [0, 0.05) is 12.5 Å². The summed E-state index contributed by atoms with van der Waals surface area (Å²) in [4.78, 5) is 23.8. The number of aryl methyl sites for hydroxylation is 1. The standard InChI is InChI=1S/C19H24N2O5/c1-24-15-9-14(10-16(11-15)25-2)5-6-18(23)26-12-17(22)21-19(13-20)7-3-4-8-19/h9-11H,3-8,12H2,1-2H3,(H,21,22). The van der Waals surface area contributed by atoms with Crippen molar-refractivity contribution in [3.8, 4) is 17.6 Å². The lowest BCUT2D eigenvalue weighted by atomic mass is 10.00. The Morgan fingerprint density at radius 1 is 1.15 bits per heavy atom. The molecular formula is C19H24N2O5. The van der Waals surface area contributed by atoms with Gasteiger partial charge in [-0.3, -0.25) is 9.59 Å².